The van der Waals surface area contributed by atoms with E-state index >= 15 is 0 Å². The van der Waals surface area contributed by atoms with E-state index < -0.39 is 23.8 Å². The van der Waals surface area contributed by atoms with Gasteiger partial charge in [-0.2, -0.15) is 0 Å². The third-order valence-corrected chi connectivity index (χ3v) is 5.80. The first-order valence-corrected chi connectivity index (χ1v) is 10.4. The van der Waals surface area contributed by atoms with Crippen molar-refractivity contribution in [2.75, 3.05) is 11.5 Å². The molecule has 2 aliphatic rings. The van der Waals surface area contributed by atoms with Crippen molar-refractivity contribution in [1.29, 1.82) is 0 Å². The molecule has 0 aromatic carbocycles. The Bertz CT molecular complexity index is 551. The number of allylic oxidation sites excluding steroid dienone is 1. The summed E-state index contributed by atoms with van der Waals surface area (Å²) in [6, 6.07) is 0. The topological polar surface area (TPSA) is 110 Å². The Kier molecular flexibility index (Phi) is 7.51. The van der Waals surface area contributed by atoms with E-state index in [0.29, 0.717) is 35.1 Å². The second-order valence-corrected chi connectivity index (χ2v) is 8.11. The highest BCUT2D eigenvalue weighted by Crippen LogP contribution is 2.25. The molecule has 2 rings (SSSR count). The van der Waals surface area contributed by atoms with Gasteiger partial charge in [-0.25, -0.2) is 9.59 Å². The zero-order valence-corrected chi connectivity index (χ0v) is 15.6. The van der Waals surface area contributed by atoms with E-state index in [0.717, 1.165) is 5.06 Å². The molecule has 2 heterocycles. The van der Waals surface area contributed by atoms with Crippen LogP contribution in [0.15, 0.2) is 12.3 Å². The zero-order chi connectivity index (χ0) is 19.1. The van der Waals surface area contributed by atoms with Crippen molar-refractivity contribution < 1.29 is 33.6 Å². The lowest BCUT2D eigenvalue weighted by Crippen LogP contribution is -2.32. The maximum absolute atomic E-state index is 11.7. The molecule has 0 atom stereocenters. The maximum atomic E-state index is 11.7. The molecule has 2 fully saturated rings. The molecule has 0 bridgehead atoms. The van der Waals surface area contributed by atoms with Crippen LogP contribution in [-0.4, -0.2) is 51.3 Å². The van der Waals surface area contributed by atoms with Crippen LogP contribution in [0.25, 0.3) is 0 Å². The van der Waals surface area contributed by atoms with E-state index in [1.165, 1.54) is 21.6 Å². The molecule has 11 heteroatoms. The summed E-state index contributed by atoms with van der Waals surface area (Å²) in [5.41, 5.74) is 0.471. The van der Waals surface area contributed by atoms with E-state index in [-0.39, 0.29) is 31.6 Å². The first-order chi connectivity index (χ1) is 12.4. The van der Waals surface area contributed by atoms with Gasteiger partial charge in [-0.15, -0.1) is 10.1 Å². The molecule has 0 aliphatic carbocycles. The van der Waals surface area contributed by atoms with Crippen LogP contribution in [0.5, 0.6) is 0 Å². The van der Waals surface area contributed by atoms with Crippen LogP contribution in [0.3, 0.4) is 0 Å². The lowest BCUT2D eigenvalue weighted by atomic mass is 10.3. The summed E-state index contributed by atoms with van der Waals surface area (Å²) in [7, 11) is 2.71. The monoisotopic (exact) mass is 402 g/mol. The molecular weight excluding hydrogens is 384 g/mol. The summed E-state index contributed by atoms with van der Waals surface area (Å²) in [5, 5.41) is 1.46. The summed E-state index contributed by atoms with van der Waals surface area (Å²) < 4.78 is 0. The Balaban J connectivity index is 1.52. The second-order valence-electron chi connectivity index (χ2n) is 5.41. The highest BCUT2D eigenvalue weighted by atomic mass is 33.1. The van der Waals surface area contributed by atoms with Crippen LogP contribution in [0, 0.1) is 0 Å². The highest BCUT2D eigenvalue weighted by Gasteiger charge is 2.32. The van der Waals surface area contributed by atoms with Crippen LogP contribution in [0.1, 0.15) is 38.5 Å². The Morgan fingerprint density at radius 2 is 1.23 bits per heavy atom. The summed E-state index contributed by atoms with van der Waals surface area (Å²) in [5.74, 6) is -1.65. The fourth-order valence-corrected chi connectivity index (χ4v) is 4.01. The van der Waals surface area contributed by atoms with Crippen LogP contribution in [-0.2, 0) is 33.6 Å². The molecular formula is C15H18N2O7S2. The van der Waals surface area contributed by atoms with E-state index in [1.54, 1.807) is 0 Å². The number of carbonyl (C=O) groups is 5. The van der Waals surface area contributed by atoms with Crippen LogP contribution in [0.4, 0.5) is 0 Å². The van der Waals surface area contributed by atoms with E-state index in [9.17, 15) is 24.0 Å². The van der Waals surface area contributed by atoms with E-state index in [2.05, 4.69) is 6.58 Å². The third-order valence-electron chi connectivity index (χ3n) is 3.40. The molecule has 2 saturated heterocycles. The van der Waals surface area contributed by atoms with Gasteiger partial charge in [0.25, 0.3) is 17.7 Å². The van der Waals surface area contributed by atoms with Gasteiger partial charge >= 0.3 is 11.9 Å². The average molecular weight is 402 g/mol. The van der Waals surface area contributed by atoms with Gasteiger partial charge in [0.1, 0.15) is 0 Å². The predicted molar refractivity (Wildman–Crippen MR) is 92.6 cm³/mol. The van der Waals surface area contributed by atoms with Crippen molar-refractivity contribution in [1.82, 2.24) is 10.1 Å². The number of amides is 3. The van der Waals surface area contributed by atoms with Crippen molar-refractivity contribution in [3.05, 3.63) is 12.3 Å². The first kappa shape index (κ1) is 20.3. The molecule has 0 saturated carbocycles. The molecule has 26 heavy (non-hydrogen) atoms. The maximum Gasteiger partial charge on any atom is 0.334 e. The molecule has 0 aromatic rings. The molecule has 0 radical (unpaired) electrons. The van der Waals surface area contributed by atoms with Crippen molar-refractivity contribution >= 4 is 51.2 Å². The van der Waals surface area contributed by atoms with Crippen molar-refractivity contribution in [3.8, 4) is 0 Å². The predicted octanol–water partition coefficient (Wildman–Crippen LogP) is 1.35. The van der Waals surface area contributed by atoms with Gasteiger partial charge in [0.2, 0.25) is 0 Å². The molecule has 142 valence electrons. The minimum absolute atomic E-state index is 0.0290. The van der Waals surface area contributed by atoms with Crippen LogP contribution in [0.2, 0.25) is 0 Å². The number of hydrogen-bond donors (Lipinski definition) is 0. The smallest absolute Gasteiger partial charge is 0.333 e. The third kappa shape index (κ3) is 5.77. The van der Waals surface area contributed by atoms with Crippen LogP contribution >= 0.6 is 21.6 Å². The summed E-state index contributed by atoms with van der Waals surface area (Å²) in [4.78, 5) is 67.0. The standard InChI is InChI=1S/C15H18N2O7S2/c1-10-2-3-11(18)16(10)23-14(21)6-8-25-26-9-7-15(22)24-17-12(19)4-5-13(17)20/h1-9H2. The lowest BCUT2D eigenvalue weighted by Gasteiger charge is -2.15. The van der Waals surface area contributed by atoms with Crippen molar-refractivity contribution in [3.63, 3.8) is 0 Å². The molecule has 0 aromatic heterocycles. The van der Waals surface area contributed by atoms with E-state index in [1.807, 2.05) is 0 Å². The minimum atomic E-state index is -0.660. The highest BCUT2D eigenvalue weighted by molar-refractivity contribution is 8.76. The quantitative estimate of drug-likeness (QED) is 0.320. The Morgan fingerprint density at radius 1 is 0.808 bits per heavy atom. The van der Waals surface area contributed by atoms with Gasteiger partial charge in [-0.3, -0.25) is 14.4 Å². The second kappa shape index (κ2) is 9.62. The van der Waals surface area contributed by atoms with Gasteiger partial charge < -0.3 is 9.68 Å². The number of hydrogen-bond acceptors (Lipinski definition) is 9. The fraction of sp³-hybridized carbons (Fsp3) is 0.533. The van der Waals surface area contributed by atoms with Crippen LogP contribution < -0.4 is 0 Å². The molecule has 9 nitrogen and oxygen atoms in total. The fourth-order valence-electron chi connectivity index (χ4n) is 2.07. The number of hydroxylamine groups is 4. The molecule has 0 unspecified atom stereocenters. The van der Waals surface area contributed by atoms with Gasteiger partial charge in [-0.1, -0.05) is 28.2 Å². The first-order valence-electron chi connectivity index (χ1n) is 7.91. The minimum Gasteiger partial charge on any atom is -0.333 e. The number of carbonyl (C=O) groups excluding carboxylic acids is 5. The SMILES string of the molecule is C=C1CCC(=O)N1OC(=O)CCSSCCC(=O)ON1C(=O)CCC1=O. The number of rotatable bonds is 9. The normalized spacial score (nSPS) is 17.2. The average Bonchev–Trinajstić information content (AvgIpc) is 3.08. The zero-order valence-electron chi connectivity index (χ0n) is 13.9. The van der Waals surface area contributed by atoms with Crippen molar-refractivity contribution in [2.24, 2.45) is 0 Å². The van der Waals surface area contributed by atoms with Gasteiger partial charge in [0, 0.05) is 30.8 Å². The van der Waals surface area contributed by atoms with E-state index in [4.69, 9.17) is 9.68 Å². The molecule has 2 aliphatic heterocycles. The lowest BCUT2D eigenvalue weighted by molar-refractivity contribution is -0.197. The summed E-state index contributed by atoms with van der Waals surface area (Å²) in [6.45, 7) is 3.65. The van der Waals surface area contributed by atoms with Crippen molar-refractivity contribution in [2.45, 2.75) is 38.5 Å². The number of nitrogens with zero attached hydrogens (tertiary/aromatic N) is 2. The molecule has 0 spiro atoms. The summed E-state index contributed by atoms with van der Waals surface area (Å²) in [6.07, 6.45) is 1.03. The largest absolute Gasteiger partial charge is 0.334 e. The molecule has 3 amide bonds. The summed E-state index contributed by atoms with van der Waals surface area (Å²) >= 11 is 0. The Labute approximate surface area is 157 Å². The molecule has 0 N–H and O–H groups in total. The van der Waals surface area contributed by atoms with Gasteiger partial charge in [0.15, 0.2) is 0 Å². The Hall–Kier alpha value is -2.01. The van der Waals surface area contributed by atoms with Gasteiger partial charge in [-0.05, 0) is 6.42 Å². The Morgan fingerprint density at radius 3 is 1.69 bits per heavy atom. The number of imide groups is 1. The van der Waals surface area contributed by atoms with Gasteiger partial charge in [0.05, 0.1) is 18.5 Å².